The highest BCUT2D eigenvalue weighted by atomic mass is 19.4. The molecule has 9 heteroatoms. The van der Waals surface area contributed by atoms with Gasteiger partial charge in [-0.05, 0) is 37.1 Å². The van der Waals surface area contributed by atoms with Crippen molar-refractivity contribution in [2.75, 3.05) is 33.4 Å². The van der Waals surface area contributed by atoms with Crippen LogP contribution in [0.1, 0.15) is 18.4 Å². The average molecular weight is 375 g/mol. The minimum atomic E-state index is -4.44. The number of carboxylic acid groups (broad SMARTS) is 1. The quantitative estimate of drug-likeness (QED) is 0.827. The summed E-state index contributed by atoms with van der Waals surface area (Å²) in [6, 6.07) is 4.01. The lowest BCUT2D eigenvalue weighted by molar-refractivity contribution is -0.159. The first kappa shape index (κ1) is 20.0. The number of hydrogen-bond acceptors (Lipinski definition) is 4. The van der Waals surface area contributed by atoms with Gasteiger partial charge in [-0.15, -0.1) is 0 Å². The summed E-state index contributed by atoms with van der Waals surface area (Å²) < 4.78 is 47.8. The molecule has 1 aliphatic heterocycles. The lowest BCUT2D eigenvalue weighted by atomic mass is 9.80. The zero-order valence-electron chi connectivity index (χ0n) is 14.2. The molecule has 1 heterocycles. The van der Waals surface area contributed by atoms with E-state index in [-0.39, 0.29) is 25.5 Å². The number of aliphatic carboxylic acids is 1. The molecule has 1 aromatic carbocycles. The van der Waals surface area contributed by atoms with Crippen LogP contribution in [0.25, 0.3) is 0 Å². The summed E-state index contributed by atoms with van der Waals surface area (Å²) in [6.45, 7) is 0.0131. The molecule has 0 aromatic heterocycles. The van der Waals surface area contributed by atoms with Crippen molar-refractivity contribution in [2.45, 2.75) is 19.0 Å². The van der Waals surface area contributed by atoms with Crippen molar-refractivity contribution in [1.29, 1.82) is 0 Å². The van der Waals surface area contributed by atoms with Gasteiger partial charge in [-0.1, -0.05) is 0 Å². The maximum atomic E-state index is 12.5. The first-order chi connectivity index (χ1) is 12.2. The van der Waals surface area contributed by atoms with Crippen molar-refractivity contribution < 1.29 is 37.3 Å². The second kappa shape index (κ2) is 7.94. The first-order valence-corrected chi connectivity index (χ1v) is 7.98. The van der Waals surface area contributed by atoms with E-state index in [1.807, 2.05) is 0 Å². The number of piperidine rings is 1. The van der Waals surface area contributed by atoms with Crippen LogP contribution in [-0.2, 0) is 20.5 Å². The number of methoxy groups -OCH3 is 1. The summed E-state index contributed by atoms with van der Waals surface area (Å²) in [4.78, 5) is 25.3. The minimum absolute atomic E-state index is 0.00534. The van der Waals surface area contributed by atoms with E-state index in [0.29, 0.717) is 19.4 Å². The fraction of sp³-hybridized carbons (Fsp3) is 0.529. The highest BCUT2D eigenvalue weighted by Gasteiger charge is 2.43. The average Bonchev–Trinajstić information content (AvgIpc) is 2.59. The summed E-state index contributed by atoms with van der Waals surface area (Å²) in [5.41, 5.74) is -1.96. The van der Waals surface area contributed by atoms with E-state index in [1.165, 1.54) is 12.0 Å². The Labute approximate surface area is 148 Å². The van der Waals surface area contributed by atoms with Gasteiger partial charge in [0.15, 0.2) is 6.61 Å². The predicted octanol–water partition coefficient (Wildman–Crippen LogP) is 2.42. The number of alkyl halides is 3. The van der Waals surface area contributed by atoms with Gasteiger partial charge in [0.05, 0.1) is 12.2 Å². The van der Waals surface area contributed by atoms with E-state index in [0.717, 1.165) is 24.3 Å². The van der Waals surface area contributed by atoms with Crippen LogP contribution >= 0.6 is 0 Å². The number of amides is 1. The van der Waals surface area contributed by atoms with Crippen LogP contribution < -0.4 is 4.74 Å². The van der Waals surface area contributed by atoms with Gasteiger partial charge in [-0.3, -0.25) is 9.59 Å². The molecule has 144 valence electrons. The van der Waals surface area contributed by atoms with Gasteiger partial charge in [0.25, 0.3) is 5.91 Å². The van der Waals surface area contributed by atoms with Crippen molar-refractivity contribution in [2.24, 2.45) is 5.41 Å². The number of rotatable bonds is 6. The van der Waals surface area contributed by atoms with E-state index < -0.39 is 29.0 Å². The maximum Gasteiger partial charge on any atom is 0.416 e. The Hall–Kier alpha value is -2.29. The lowest BCUT2D eigenvalue weighted by Gasteiger charge is -2.39. The SMILES string of the molecule is COCC1(C(=O)O)CCCN(C(=O)COc2ccc(C(F)(F)F)cc2)C1. The third-order valence-electron chi connectivity index (χ3n) is 4.35. The Morgan fingerprint density at radius 1 is 1.27 bits per heavy atom. The molecule has 1 unspecified atom stereocenters. The standard InChI is InChI=1S/C17H20F3NO5/c1-25-11-16(15(23)24)7-2-8-21(10-16)14(22)9-26-13-5-3-12(4-6-13)17(18,19)20/h3-6H,2,7-11H2,1H3,(H,23,24). The second-order valence-corrected chi connectivity index (χ2v) is 6.25. The molecule has 0 aliphatic carbocycles. The molecule has 1 N–H and O–H groups in total. The molecule has 1 fully saturated rings. The van der Waals surface area contributed by atoms with Gasteiger partial charge in [0.2, 0.25) is 0 Å². The highest BCUT2D eigenvalue weighted by molar-refractivity contribution is 5.80. The van der Waals surface area contributed by atoms with Crippen LogP contribution in [0, 0.1) is 5.41 Å². The molecule has 0 radical (unpaired) electrons. The predicted molar refractivity (Wildman–Crippen MR) is 84.7 cm³/mol. The van der Waals surface area contributed by atoms with Crippen LogP contribution in [0.3, 0.4) is 0 Å². The molecule has 0 spiro atoms. The number of hydrogen-bond donors (Lipinski definition) is 1. The summed E-state index contributed by atoms with van der Waals surface area (Å²) >= 11 is 0. The van der Waals surface area contributed by atoms with Gasteiger partial charge in [0.1, 0.15) is 11.2 Å². The molecule has 0 saturated carbocycles. The van der Waals surface area contributed by atoms with Crippen molar-refractivity contribution in [3.8, 4) is 5.75 Å². The van der Waals surface area contributed by atoms with Crippen molar-refractivity contribution in [1.82, 2.24) is 4.90 Å². The van der Waals surface area contributed by atoms with E-state index >= 15 is 0 Å². The number of likely N-dealkylation sites (tertiary alicyclic amines) is 1. The van der Waals surface area contributed by atoms with E-state index in [1.54, 1.807) is 0 Å². The minimum Gasteiger partial charge on any atom is -0.484 e. The monoisotopic (exact) mass is 375 g/mol. The van der Waals surface area contributed by atoms with Crippen LogP contribution in [0.15, 0.2) is 24.3 Å². The number of ether oxygens (including phenoxy) is 2. The number of nitrogens with zero attached hydrogens (tertiary/aromatic N) is 1. The topological polar surface area (TPSA) is 76.1 Å². The normalized spacial score (nSPS) is 20.7. The Morgan fingerprint density at radius 3 is 2.46 bits per heavy atom. The van der Waals surface area contributed by atoms with Gasteiger partial charge in [-0.2, -0.15) is 13.2 Å². The molecule has 2 rings (SSSR count). The molecule has 1 saturated heterocycles. The van der Waals surface area contributed by atoms with E-state index in [9.17, 15) is 27.9 Å². The third-order valence-corrected chi connectivity index (χ3v) is 4.35. The number of carbonyl (C=O) groups excluding carboxylic acids is 1. The molecule has 1 aliphatic rings. The van der Waals surface area contributed by atoms with E-state index in [4.69, 9.17) is 9.47 Å². The van der Waals surface area contributed by atoms with Gasteiger partial charge >= 0.3 is 12.1 Å². The van der Waals surface area contributed by atoms with Crippen LogP contribution in [0.4, 0.5) is 13.2 Å². The lowest BCUT2D eigenvalue weighted by Crippen LogP contribution is -2.53. The highest BCUT2D eigenvalue weighted by Crippen LogP contribution is 2.32. The number of benzene rings is 1. The third kappa shape index (κ3) is 4.66. The number of carbonyl (C=O) groups is 2. The zero-order chi connectivity index (χ0) is 19.4. The van der Waals surface area contributed by atoms with Crippen molar-refractivity contribution >= 4 is 11.9 Å². The Bertz CT molecular complexity index is 643. The summed E-state index contributed by atoms with van der Waals surface area (Å²) in [5, 5.41) is 9.48. The molecule has 1 atom stereocenters. The van der Waals surface area contributed by atoms with Gasteiger partial charge in [0, 0.05) is 20.2 Å². The second-order valence-electron chi connectivity index (χ2n) is 6.25. The van der Waals surface area contributed by atoms with Crippen molar-refractivity contribution in [3.63, 3.8) is 0 Å². The largest absolute Gasteiger partial charge is 0.484 e. The molecule has 1 amide bonds. The smallest absolute Gasteiger partial charge is 0.416 e. The van der Waals surface area contributed by atoms with Crippen molar-refractivity contribution in [3.05, 3.63) is 29.8 Å². The fourth-order valence-electron chi connectivity index (χ4n) is 2.95. The first-order valence-electron chi connectivity index (χ1n) is 7.98. The Balaban J connectivity index is 1.96. The molecule has 1 aromatic rings. The summed E-state index contributed by atoms with van der Waals surface area (Å²) in [7, 11) is 1.40. The van der Waals surface area contributed by atoms with Gasteiger partial charge in [-0.25, -0.2) is 0 Å². The fourth-order valence-corrected chi connectivity index (χ4v) is 2.95. The van der Waals surface area contributed by atoms with Gasteiger partial charge < -0.3 is 19.5 Å². The number of carboxylic acids is 1. The zero-order valence-corrected chi connectivity index (χ0v) is 14.2. The molecule has 0 bridgehead atoms. The molecule has 26 heavy (non-hydrogen) atoms. The molecular formula is C17H20F3NO5. The summed E-state index contributed by atoms with van der Waals surface area (Å²) in [5.74, 6) is -1.32. The molecular weight excluding hydrogens is 355 g/mol. The maximum absolute atomic E-state index is 12.5. The molecule has 6 nitrogen and oxygen atoms in total. The Kier molecular flexibility index (Phi) is 6.12. The van der Waals surface area contributed by atoms with Crippen LogP contribution in [0.5, 0.6) is 5.75 Å². The summed E-state index contributed by atoms with van der Waals surface area (Å²) in [6.07, 6.45) is -3.52. The Morgan fingerprint density at radius 2 is 1.92 bits per heavy atom. The van der Waals surface area contributed by atoms with Crippen LogP contribution in [-0.4, -0.2) is 55.3 Å². The van der Waals surface area contributed by atoms with E-state index in [2.05, 4.69) is 0 Å². The van der Waals surface area contributed by atoms with Crippen LogP contribution in [0.2, 0.25) is 0 Å². The number of halogens is 3.